The molecule has 20 heavy (non-hydrogen) atoms. The normalized spacial score (nSPS) is 21.6. The van der Waals surface area contributed by atoms with Crippen LogP contribution < -0.4 is 0 Å². The van der Waals surface area contributed by atoms with E-state index < -0.39 is 0 Å². The Bertz CT molecular complexity index is 464. The van der Waals surface area contributed by atoms with Gasteiger partial charge in [-0.25, -0.2) is 0 Å². The first-order chi connectivity index (χ1) is 9.61. The van der Waals surface area contributed by atoms with Gasteiger partial charge in [0.05, 0.1) is 6.54 Å². The van der Waals surface area contributed by atoms with E-state index in [1.165, 1.54) is 0 Å². The maximum atomic E-state index is 12.5. The highest BCUT2D eigenvalue weighted by Crippen LogP contribution is 2.18. The summed E-state index contributed by atoms with van der Waals surface area (Å²) in [5, 5.41) is 0. The summed E-state index contributed by atoms with van der Waals surface area (Å²) in [6, 6.07) is 8.18. The molecule has 4 heteroatoms. The number of halogens is 1. The number of Topliss-reactive ketones (excluding diaryl/α,β-unsaturated/α-hetero) is 1. The van der Waals surface area contributed by atoms with Gasteiger partial charge in [0.25, 0.3) is 0 Å². The number of benzene rings is 1. The van der Waals surface area contributed by atoms with Crippen molar-refractivity contribution < 1.29 is 4.79 Å². The number of carbonyl (C=O) groups is 1. The quantitative estimate of drug-likeness (QED) is 0.788. The summed E-state index contributed by atoms with van der Waals surface area (Å²) in [6.45, 7) is 5.92. The van der Waals surface area contributed by atoms with Gasteiger partial charge in [-0.05, 0) is 32.5 Å². The number of hydrogen-bond acceptors (Lipinski definition) is 3. The van der Waals surface area contributed by atoms with Crippen LogP contribution in [0.3, 0.4) is 0 Å². The Labute approximate surface area is 130 Å². The molecule has 0 amide bonds. The molecule has 0 aliphatic carbocycles. The summed E-state index contributed by atoms with van der Waals surface area (Å²) in [4.78, 5) is 17.2. The first kappa shape index (κ1) is 15.7. The zero-order valence-electron chi connectivity index (χ0n) is 12.3. The van der Waals surface area contributed by atoms with Gasteiger partial charge >= 0.3 is 0 Å². The highest BCUT2D eigenvalue weighted by Gasteiger charge is 2.24. The third-order valence-corrected chi connectivity index (χ3v) is 4.71. The van der Waals surface area contributed by atoms with Crippen LogP contribution in [0.2, 0.25) is 0 Å². The summed E-state index contributed by atoms with van der Waals surface area (Å²) in [5.41, 5.74) is 0.792. The molecule has 3 nitrogen and oxygen atoms in total. The molecule has 1 atom stereocenters. The number of hydrogen-bond donors (Lipinski definition) is 0. The van der Waals surface area contributed by atoms with Gasteiger partial charge in [0.2, 0.25) is 0 Å². The molecule has 0 radical (unpaired) electrons. The second-order valence-electron chi connectivity index (χ2n) is 5.55. The highest BCUT2D eigenvalue weighted by atomic mass is 79.9. The lowest BCUT2D eigenvalue weighted by molar-refractivity contribution is 0.0887. The smallest absolute Gasteiger partial charge is 0.177 e. The molecular formula is C16H23BrN2O. The fourth-order valence-corrected chi connectivity index (χ4v) is 3.35. The highest BCUT2D eigenvalue weighted by molar-refractivity contribution is 9.10. The van der Waals surface area contributed by atoms with Crippen LogP contribution in [0.5, 0.6) is 0 Å². The van der Waals surface area contributed by atoms with Gasteiger partial charge < -0.3 is 4.90 Å². The largest absolute Gasteiger partial charge is 0.305 e. The minimum atomic E-state index is 0.209. The van der Waals surface area contributed by atoms with Crippen LogP contribution >= 0.6 is 15.9 Å². The number of ketones is 1. The first-order valence-corrected chi connectivity index (χ1v) is 8.11. The van der Waals surface area contributed by atoms with E-state index in [-0.39, 0.29) is 5.78 Å². The molecule has 1 aliphatic rings. The molecule has 1 aromatic carbocycles. The van der Waals surface area contributed by atoms with Gasteiger partial charge in [0.1, 0.15) is 0 Å². The van der Waals surface area contributed by atoms with Crippen molar-refractivity contribution >= 4 is 21.7 Å². The monoisotopic (exact) mass is 338 g/mol. The van der Waals surface area contributed by atoms with Crippen LogP contribution in [0.4, 0.5) is 0 Å². The van der Waals surface area contributed by atoms with Gasteiger partial charge in [0.15, 0.2) is 5.78 Å². The van der Waals surface area contributed by atoms with E-state index in [1.807, 2.05) is 24.3 Å². The van der Waals surface area contributed by atoms with Crippen LogP contribution in [0.15, 0.2) is 28.7 Å². The molecule has 110 valence electrons. The van der Waals surface area contributed by atoms with E-state index in [0.717, 1.165) is 42.5 Å². The van der Waals surface area contributed by atoms with Gasteiger partial charge in [-0.2, -0.15) is 0 Å². The molecule has 1 aliphatic heterocycles. The first-order valence-electron chi connectivity index (χ1n) is 7.32. The fourth-order valence-electron chi connectivity index (χ4n) is 2.85. The standard InChI is InChI=1S/C16H23BrN2O/c1-3-13-11-18(2)9-6-10-19(13)12-16(20)14-7-4-5-8-15(14)17/h4-5,7-8,13H,3,6,9-12H2,1-2H3. The molecule has 0 bridgehead atoms. The summed E-state index contributed by atoms with van der Waals surface area (Å²) in [5.74, 6) is 0.209. The Balaban J connectivity index is 2.07. The van der Waals surface area contributed by atoms with Crippen LogP contribution in [0.25, 0.3) is 0 Å². The molecule has 1 unspecified atom stereocenters. The number of nitrogens with zero attached hydrogens (tertiary/aromatic N) is 2. The number of rotatable bonds is 4. The predicted molar refractivity (Wildman–Crippen MR) is 86.2 cm³/mol. The maximum Gasteiger partial charge on any atom is 0.177 e. The Morgan fingerprint density at radius 2 is 2.10 bits per heavy atom. The summed E-state index contributed by atoms with van der Waals surface area (Å²) in [6.07, 6.45) is 2.23. The van der Waals surface area contributed by atoms with E-state index >= 15 is 0 Å². The molecular weight excluding hydrogens is 316 g/mol. The lowest BCUT2D eigenvalue weighted by Gasteiger charge is -2.29. The van der Waals surface area contributed by atoms with Gasteiger partial charge in [-0.3, -0.25) is 9.69 Å². The third-order valence-electron chi connectivity index (χ3n) is 4.02. The van der Waals surface area contributed by atoms with Crippen molar-refractivity contribution in [3.8, 4) is 0 Å². The lowest BCUT2D eigenvalue weighted by Crippen LogP contribution is -2.42. The lowest BCUT2D eigenvalue weighted by atomic mass is 10.1. The van der Waals surface area contributed by atoms with Crippen molar-refractivity contribution in [2.75, 3.05) is 33.2 Å². The van der Waals surface area contributed by atoms with Crippen LogP contribution in [0.1, 0.15) is 30.1 Å². The second-order valence-corrected chi connectivity index (χ2v) is 6.41. The van der Waals surface area contributed by atoms with E-state index in [0.29, 0.717) is 12.6 Å². The Kier molecular flexibility index (Phi) is 5.75. The molecule has 2 rings (SSSR count). The predicted octanol–water partition coefficient (Wildman–Crippen LogP) is 3.05. The minimum Gasteiger partial charge on any atom is -0.305 e. The maximum absolute atomic E-state index is 12.5. The number of carbonyl (C=O) groups excluding carboxylic acids is 1. The van der Waals surface area contributed by atoms with Crippen LogP contribution in [-0.2, 0) is 0 Å². The molecule has 1 aromatic rings. The van der Waals surface area contributed by atoms with Crippen molar-refractivity contribution in [1.29, 1.82) is 0 Å². The van der Waals surface area contributed by atoms with Gasteiger partial charge in [-0.1, -0.05) is 41.1 Å². The van der Waals surface area contributed by atoms with E-state index in [4.69, 9.17) is 0 Å². The van der Waals surface area contributed by atoms with Crippen molar-refractivity contribution in [3.05, 3.63) is 34.3 Å². The summed E-state index contributed by atoms with van der Waals surface area (Å²) in [7, 11) is 2.17. The number of likely N-dealkylation sites (N-methyl/N-ethyl adjacent to an activating group) is 1. The van der Waals surface area contributed by atoms with Gasteiger partial charge in [0, 0.05) is 29.2 Å². The van der Waals surface area contributed by atoms with Crippen LogP contribution in [-0.4, -0.2) is 54.9 Å². The molecule has 1 heterocycles. The summed E-state index contributed by atoms with van der Waals surface area (Å²) < 4.78 is 0.894. The Hall–Kier alpha value is -0.710. The summed E-state index contributed by atoms with van der Waals surface area (Å²) >= 11 is 3.47. The Morgan fingerprint density at radius 1 is 1.35 bits per heavy atom. The molecule has 1 saturated heterocycles. The third kappa shape index (κ3) is 3.90. The van der Waals surface area contributed by atoms with Crippen molar-refractivity contribution in [2.45, 2.75) is 25.8 Å². The molecule has 0 saturated carbocycles. The zero-order valence-corrected chi connectivity index (χ0v) is 13.9. The molecule has 1 fully saturated rings. The fraction of sp³-hybridized carbons (Fsp3) is 0.562. The second kappa shape index (κ2) is 7.34. The minimum absolute atomic E-state index is 0.209. The zero-order chi connectivity index (χ0) is 14.5. The van der Waals surface area contributed by atoms with Crippen molar-refractivity contribution in [2.24, 2.45) is 0 Å². The molecule has 0 N–H and O–H groups in total. The molecule has 0 spiro atoms. The topological polar surface area (TPSA) is 23.6 Å². The van der Waals surface area contributed by atoms with Crippen molar-refractivity contribution in [3.63, 3.8) is 0 Å². The van der Waals surface area contributed by atoms with E-state index in [2.05, 4.69) is 39.7 Å². The van der Waals surface area contributed by atoms with Crippen molar-refractivity contribution in [1.82, 2.24) is 9.80 Å². The average molecular weight is 339 g/mol. The Morgan fingerprint density at radius 3 is 2.80 bits per heavy atom. The van der Waals surface area contributed by atoms with Crippen LogP contribution in [0, 0.1) is 0 Å². The SMILES string of the molecule is CCC1CN(C)CCCN1CC(=O)c1ccccc1Br. The van der Waals surface area contributed by atoms with Gasteiger partial charge in [-0.15, -0.1) is 0 Å². The van der Waals surface area contributed by atoms with E-state index in [1.54, 1.807) is 0 Å². The van der Waals surface area contributed by atoms with E-state index in [9.17, 15) is 4.79 Å². The average Bonchev–Trinajstić information content (AvgIpc) is 2.61. The molecule has 0 aromatic heterocycles.